The van der Waals surface area contributed by atoms with Crippen molar-refractivity contribution in [1.82, 2.24) is 15.0 Å². The van der Waals surface area contributed by atoms with Crippen molar-refractivity contribution in [3.8, 4) is 11.3 Å². The van der Waals surface area contributed by atoms with Crippen LogP contribution in [0.25, 0.3) is 22.2 Å². The molecule has 2 aromatic heterocycles. The lowest BCUT2D eigenvalue weighted by atomic mass is 10.0. The number of aromatic nitrogens is 3. The van der Waals surface area contributed by atoms with Crippen molar-refractivity contribution < 1.29 is 31.1 Å². The highest BCUT2D eigenvalue weighted by molar-refractivity contribution is 5.93. The normalized spacial score (nSPS) is 12.0. The van der Waals surface area contributed by atoms with Crippen molar-refractivity contribution in [2.24, 2.45) is 0 Å². The number of nitrogens with one attached hydrogen (secondary N) is 1. The minimum Gasteiger partial charge on any atom is -0.376 e. The van der Waals surface area contributed by atoms with Gasteiger partial charge in [-0.1, -0.05) is 36.4 Å². The summed E-state index contributed by atoms with van der Waals surface area (Å²) in [5, 5.41) is 3.49. The van der Waals surface area contributed by atoms with Gasteiger partial charge in [0.05, 0.1) is 35.6 Å². The molecule has 0 aliphatic rings. The molecule has 1 N–H and O–H groups in total. The minimum absolute atomic E-state index is 0.205. The van der Waals surface area contributed by atoms with Crippen LogP contribution >= 0.6 is 0 Å². The number of hydrogen-bond donors (Lipinski definition) is 1. The molecule has 5 rings (SSSR count). The minimum atomic E-state index is -4.61. The number of rotatable bonds is 8. The summed E-state index contributed by atoms with van der Waals surface area (Å²) in [5.74, 6) is 0.630. The lowest BCUT2D eigenvalue weighted by molar-refractivity contribution is -0.138. The van der Waals surface area contributed by atoms with Crippen molar-refractivity contribution in [2.45, 2.75) is 25.4 Å². The lowest BCUT2D eigenvalue weighted by Crippen LogP contribution is -2.09. The second-order valence-corrected chi connectivity index (χ2v) is 9.11. The Morgan fingerprint density at radius 1 is 0.756 bits per heavy atom. The van der Waals surface area contributed by atoms with Gasteiger partial charge in [-0.25, -0.2) is 9.97 Å². The molecule has 0 radical (unpaired) electrons. The zero-order valence-electron chi connectivity index (χ0n) is 21.3. The highest BCUT2D eigenvalue weighted by Gasteiger charge is 2.34. The van der Waals surface area contributed by atoms with Gasteiger partial charge in [0.1, 0.15) is 11.6 Å². The molecule has 0 atom stereocenters. The Labute approximate surface area is 230 Å². The Morgan fingerprint density at radius 3 is 2.22 bits per heavy atom. The van der Waals surface area contributed by atoms with Gasteiger partial charge in [-0.05, 0) is 54.1 Å². The van der Waals surface area contributed by atoms with Gasteiger partial charge in [0.25, 0.3) is 0 Å². The van der Waals surface area contributed by atoms with E-state index in [0.717, 1.165) is 23.8 Å². The fourth-order valence-electron chi connectivity index (χ4n) is 4.20. The maximum absolute atomic E-state index is 13.7. The standard InChI is InChI=1S/C30H22F6N4O/c31-29(32,33)21-9-11-22(12-10-21)38-28-23-13-8-20(27-24(30(34,35)36)7-4-15-37-27)17-25(23)39-26(40-28)14-16-41-18-19-5-2-1-3-6-19/h1-13,15,17H,14,16,18H2,(H,38,39,40). The smallest absolute Gasteiger partial charge is 0.376 e. The quantitative estimate of drug-likeness (QED) is 0.151. The molecular weight excluding hydrogens is 546 g/mol. The Kier molecular flexibility index (Phi) is 7.89. The molecule has 0 saturated heterocycles. The summed E-state index contributed by atoms with van der Waals surface area (Å²) < 4.78 is 85.8. The molecule has 5 nitrogen and oxygen atoms in total. The van der Waals surface area contributed by atoms with Crippen molar-refractivity contribution in [3.63, 3.8) is 0 Å². The van der Waals surface area contributed by atoms with Crippen LogP contribution in [0.15, 0.2) is 91.1 Å². The molecule has 5 aromatic rings. The molecule has 3 aromatic carbocycles. The molecular formula is C30H22F6N4O. The molecule has 41 heavy (non-hydrogen) atoms. The van der Waals surface area contributed by atoms with E-state index in [9.17, 15) is 26.3 Å². The third-order valence-corrected chi connectivity index (χ3v) is 6.19. The molecule has 2 heterocycles. The third-order valence-electron chi connectivity index (χ3n) is 6.19. The first-order valence-corrected chi connectivity index (χ1v) is 12.5. The summed E-state index contributed by atoms with van der Waals surface area (Å²) in [4.78, 5) is 13.1. The van der Waals surface area contributed by atoms with Crippen LogP contribution in [-0.4, -0.2) is 21.6 Å². The maximum atomic E-state index is 13.7. The molecule has 11 heteroatoms. The van der Waals surface area contributed by atoms with Crippen molar-refractivity contribution >= 4 is 22.4 Å². The van der Waals surface area contributed by atoms with Gasteiger partial charge in [-0.15, -0.1) is 0 Å². The van der Waals surface area contributed by atoms with Crippen molar-refractivity contribution in [1.29, 1.82) is 0 Å². The summed E-state index contributed by atoms with van der Waals surface area (Å²) in [5.41, 5.74) is -0.0574. The average molecular weight is 569 g/mol. The predicted molar refractivity (Wildman–Crippen MR) is 142 cm³/mol. The average Bonchev–Trinajstić information content (AvgIpc) is 2.95. The van der Waals surface area contributed by atoms with E-state index < -0.39 is 23.5 Å². The van der Waals surface area contributed by atoms with Crippen LogP contribution < -0.4 is 5.32 Å². The van der Waals surface area contributed by atoms with Gasteiger partial charge in [-0.2, -0.15) is 26.3 Å². The molecule has 0 spiro atoms. The SMILES string of the molecule is FC(F)(F)c1ccc(Nc2nc(CCOCc3ccccc3)nc3cc(-c4ncccc4C(F)(F)F)ccc23)cc1. The highest BCUT2D eigenvalue weighted by Crippen LogP contribution is 2.37. The van der Waals surface area contributed by atoms with E-state index in [4.69, 9.17) is 4.74 Å². The third kappa shape index (κ3) is 6.80. The number of fused-ring (bicyclic) bond motifs is 1. The monoisotopic (exact) mass is 568 g/mol. The van der Waals surface area contributed by atoms with Gasteiger partial charge in [0.2, 0.25) is 0 Å². The van der Waals surface area contributed by atoms with E-state index >= 15 is 0 Å². The topological polar surface area (TPSA) is 59.9 Å². The van der Waals surface area contributed by atoms with E-state index in [-0.39, 0.29) is 30.1 Å². The van der Waals surface area contributed by atoms with Crippen LogP contribution in [0.5, 0.6) is 0 Å². The Bertz CT molecular complexity index is 1640. The first kappa shape index (κ1) is 28.0. The number of alkyl halides is 6. The number of halogens is 6. The van der Waals surface area contributed by atoms with Crippen molar-refractivity contribution in [3.05, 3.63) is 114 Å². The first-order valence-electron chi connectivity index (χ1n) is 12.5. The Balaban J connectivity index is 1.48. The summed E-state index contributed by atoms with van der Waals surface area (Å²) >= 11 is 0. The highest BCUT2D eigenvalue weighted by atomic mass is 19.4. The van der Waals surface area contributed by atoms with Gasteiger partial charge < -0.3 is 10.1 Å². The molecule has 0 bridgehead atoms. The molecule has 0 fully saturated rings. The second kappa shape index (κ2) is 11.5. The molecule has 0 aliphatic heterocycles. The molecule has 0 aliphatic carbocycles. The van der Waals surface area contributed by atoms with E-state index in [0.29, 0.717) is 29.0 Å². The van der Waals surface area contributed by atoms with Crippen LogP contribution in [-0.2, 0) is 30.1 Å². The van der Waals surface area contributed by atoms with E-state index in [1.165, 1.54) is 36.5 Å². The van der Waals surface area contributed by atoms with Gasteiger partial charge >= 0.3 is 12.4 Å². The number of pyridine rings is 1. The zero-order valence-corrected chi connectivity index (χ0v) is 21.3. The number of anilines is 2. The van der Waals surface area contributed by atoms with Gasteiger partial charge in [0, 0.05) is 29.3 Å². The molecule has 0 amide bonds. The molecule has 0 saturated carbocycles. The lowest BCUT2D eigenvalue weighted by Gasteiger charge is -2.15. The van der Waals surface area contributed by atoms with Crippen molar-refractivity contribution in [2.75, 3.05) is 11.9 Å². The van der Waals surface area contributed by atoms with Crippen LogP contribution in [0, 0.1) is 0 Å². The number of benzene rings is 3. The van der Waals surface area contributed by atoms with Crippen LogP contribution in [0.3, 0.4) is 0 Å². The molecule has 210 valence electrons. The van der Waals surface area contributed by atoms with E-state index in [1.807, 2.05) is 30.3 Å². The number of hydrogen-bond acceptors (Lipinski definition) is 5. The Hall–Kier alpha value is -4.51. The number of nitrogens with zero attached hydrogens (tertiary/aromatic N) is 3. The fourth-order valence-corrected chi connectivity index (χ4v) is 4.20. The van der Waals surface area contributed by atoms with Gasteiger partial charge in [0.15, 0.2) is 0 Å². The maximum Gasteiger partial charge on any atom is 0.418 e. The zero-order chi connectivity index (χ0) is 29.0. The summed E-state index contributed by atoms with van der Waals surface area (Å²) in [6.45, 7) is 0.632. The van der Waals surface area contributed by atoms with Gasteiger partial charge in [-0.3, -0.25) is 4.98 Å². The summed E-state index contributed by atoms with van der Waals surface area (Å²) in [6, 6.07) is 20.7. The largest absolute Gasteiger partial charge is 0.418 e. The Morgan fingerprint density at radius 2 is 1.51 bits per heavy atom. The van der Waals surface area contributed by atoms with Crippen LogP contribution in [0.1, 0.15) is 22.5 Å². The van der Waals surface area contributed by atoms with Crippen LogP contribution in [0.4, 0.5) is 37.8 Å². The predicted octanol–water partition coefficient (Wildman–Crippen LogP) is 8.23. The van der Waals surface area contributed by atoms with E-state index in [1.54, 1.807) is 6.07 Å². The fraction of sp³-hybridized carbons (Fsp3) is 0.167. The summed E-state index contributed by atoms with van der Waals surface area (Å²) in [7, 11) is 0. The number of ether oxygens (including phenoxy) is 1. The first-order chi connectivity index (χ1) is 19.6. The second-order valence-electron chi connectivity index (χ2n) is 9.11. The summed E-state index contributed by atoms with van der Waals surface area (Å²) in [6.07, 6.45) is -7.53. The van der Waals surface area contributed by atoms with Crippen LogP contribution in [0.2, 0.25) is 0 Å². The van der Waals surface area contributed by atoms with E-state index in [2.05, 4.69) is 20.3 Å². The molecule has 0 unspecified atom stereocenters.